The molecule has 0 aromatic carbocycles. The number of aliphatic carboxylic acids is 1. The predicted octanol–water partition coefficient (Wildman–Crippen LogP) is -0.0611. The predicted molar refractivity (Wildman–Crippen MR) is 64.2 cm³/mol. The van der Waals surface area contributed by atoms with Crippen LogP contribution in [0.2, 0.25) is 0 Å². The summed E-state index contributed by atoms with van der Waals surface area (Å²) in [5.74, 6) is -1.21. The van der Waals surface area contributed by atoms with Crippen LogP contribution in [-0.2, 0) is 22.6 Å². The van der Waals surface area contributed by atoms with Gasteiger partial charge in [-0.15, -0.1) is 0 Å². The van der Waals surface area contributed by atoms with Crippen LogP contribution in [0.3, 0.4) is 0 Å². The number of hydrogen-bond acceptors (Lipinski definition) is 5. The first-order valence-corrected chi connectivity index (χ1v) is 5.42. The number of pyridine rings is 1. The Balaban J connectivity index is 1.92. The zero-order chi connectivity index (χ0) is 13.7. The van der Waals surface area contributed by atoms with Gasteiger partial charge in [0.1, 0.15) is 19.2 Å². The summed E-state index contributed by atoms with van der Waals surface area (Å²) in [6.07, 6.45) is 4.05. The quantitative estimate of drug-likeness (QED) is 0.780. The minimum atomic E-state index is -0.949. The third-order valence-corrected chi connectivity index (χ3v) is 2.21. The summed E-state index contributed by atoms with van der Waals surface area (Å²) in [4.78, 5) is 29.8. The number of aromatic nitrogens is 4. The lowest BCUT2D eigenvalue weighted by Crippen LogP contribution is -2.19. The molecular formula is C11H11N5O3. The van der Waals surface area contributed by atoms with Crippen molar-refractivity contribution in [3.8, 4) is 0 Å². The minimum Gasteiger partial charge on any atom is -0.481 e. The molecule has 1 amide bonds. The van der Waals surface area contributed by atoms with Crippen molar-refractivity contribution in [2.24, 2.45) is 0 Å². The molecule has 2 aromatic heterocycles. The van der Waals surface area contributed by atoms with Gasteiger partial charge in [-0.2, -0.15) is 5.10 Å². The van der Waals surface area contributed by atoms with E-state index < -0.39 is 5.97 Å². The number of nitrogens with zero attached hydrogens (tertiary/aromatic N) is 4. The van der Waals surface area contributed by atoms with Crippen molar-refractivity contribution in [3.05, 3.63) is 36.7 Å². The van der Waals surface area contributed by atoms with Gasteiger partial charge in [0, 0.05) is 0 Å². The maximum absolute atomic E-state index is 11.6. The number of nitrogens with one attached hydrogen (secondary N) is 1. The fourth-order valence-electron chi connectivity index (χ4n) is 1.42. The van der Waals surface area contributed by atoms with E-state index in [-0.39, 0.29) is 18.9 Å². The molecule has 0 unspecified atom stereocenters. The highest BCUT2D eigenvalue weighted by Gasteiger charge is 2.05. The molecule has 98 valence electrons. The topological polar surface area (TPSA) is 110 Å². The van der Waals surface area contributed by atoms with Gasteiger partial charge in [-0.25, -0.2) is 9.67 Å². The first-order chi connectivity index (χ1) is 9.13. The second-order valence-electron chi connectivity index (χ2n) is 3.75. The number of anilines is 1. The van der Waals surface area contributed by atoms with Crippen LogP contribution in [0.15, 0.2) is 31.0 Å². The van der Waals surface area contributed by atoms with Crippen LogP contribution in [0.4, 0.5) is 5.69 Å². The second kappa shape index (κ2) is 5.71. The Morgan fingerprint density at radius 3 is 2.79 bits per heavy atom. The molecule has 0 saturated carbocycles. The van der Waals surface area contributed by atoms with E-state index in [4.69, 9.17) is 5.11 Å². The minimum absolute atomic E-state index is 0.0525. The van der Waals surface area contributed by atoms with E-state index >= 15 is 0 Å². The van der Waals surface area contributed by atoms with Gasteiger partial charge < -0.3 is 10.4 Å². The standard InChI is InChI=1S/C11H11N5O3/c17-10(5-16-7-12-6-14-16)15-9-2-1-8(13-4-9)3-11(18)19/h1-2,4,6-7H,3,5H2,(H,15,17)(H,18,19). The Bertz CT molecular complexity index is 565. The van der Waals surface area contributed by atoms with Crippen molar-refractivity contribution in [1.29, 1.82) is 0 Å². The van der Waals surface area contributed by atoms with Gasteiger partial charge in [0.25, 0.3) is 0 Å². The average Bonchev–Trinajstić information content (AvgIpc) is 2.83. The van der Waals surface area contributed by atoms with Crippen molar-refractivity contribution >= 4 is 17.6 Å². The van der Waals surface area contributed by atoms with Gasteiger partial charge >= 0.3 is 5.97 Å². The molecule has 0 bridgehead atoms. The van der Waals surface area contributed by atoms with Crippen molar-refractivity contribution in [2.45, 2.75) is 13.0 Å². The molecule has 0 aliphatic rings. The fourth-order valence-corrected chi connectivity index (χ4v) is 1.42. The molecule has 0 saturated heterocycles. The van der Waals surface area contributed by atoms with Crippen molar-refractivity contribution in [2.75, 3.05) is 5.32 Å². The van der Waals surface area contributed by atoms with E-state index in [1.54, 1.807) is 12.1 Å². The lowest BCUT2D eigenvalue weighted by Gasteiger charge is -2.05. The van der Waals surface area contributed by atoms with E-state index in [9.17, 15) is 9.59 Å². The lowest BCUT2D eigenvalue weighted by atomic mass is 10.2. The van der Waals surface area contributed by atoms with Gasteiger partial charge in [-0.1, -0.05) is 0 Å². The van der Waals surface area contributed by atoms with Crippen LogP contribution in [0.5, 0.6) is 0 Å². The Morgan fingerprint density at radius 2 is 2.21 bits per heavy atom. The molecule has 2 rings (SSSR count). The van der Waals surface area contributed by atoms with Gasteiger partial charge in [-0.3, -0.25) is 14.6 Å². The van der Waals surface area contributed by atoms with Gasteiger partial charge in [0.05, 0.1) is 24.0 Å². The highest BCUT2D eigenvalue weighted by Crippen LogP contribution is 2.06. The van der Waals surface area contributed by atoms with Crippen LogP contribution in [0, 0.1) is 0 Å². The first-order valence-electron chi connectivity index (χ1n) is 5.42. The van der Waals surface area contributed by atoms with Gasteiger partial charge in [-0.05, 0) is 12.1 Å². The van der Waals surface area contributed by atoms with Crippen LogP contribution in [0.1, 0.15) is 5.69 Å². The number of carbonyl (C=O) groups excluding carboxylic acids is 1. The zero-order valence-corrected chi connectivity index (χ0v) is 9.85. The Kier molecular flexibility index (Phi) is 3.81. The summed E-state index contributed by atoms with van der Waals surface area (Å²) in [7, 11) is 0. The number of amides is 1. The molecular weight excluding hydrogens is 250 g/mol. The summed E-state index contributed by atoms with van der Waals surface area (Å²) in [5, 5.41) is 15.0. The van der Waals surface area contributed by atoms with Crippen molar-refractivity contribution in [1.82, 2.24) is 19.7 Å². The SMILES string of the molecule is O=C(O)Cc1ccc(NC(=O)Cn2cncn2)cn1. The van der Waals surface area contributed by atoms with E-state index in [1.807, 2.05) is 0 Å². The highest BCUT2D eigenvalue weighted by molar-refractivity contribution is 5.90. The van der Waals surface area contributed by atoms with E-state index in [1.165, 1.54) is 23.5 Å². The number of rotatable bonds is 5. The van der Waals surface area contributed by atoms with Crippen LogP contribution >= 0.6 is 0 Å². The molecule has 2 aromatic rings. The number of hydrogen-bond donors (Lipinski definition) is 2. The molecule has 2 heterocycles. The molecule has 0 atom stereocenters. The van der Waals surface area contributed by atoms with Gasteiger partial charge in [0.15, 0.2) is 0 Å². The lowest BCUT2D eigenvalue weighted by molar-refractivity contribution is -0.136. The third kappa shape index (κ3) is 3.87. The molecule has 2 N–H and O–H groups in total. The largest absolute Gasteiger partial charge is 0.481 e. The summed E-state index contributed by atoms with van der Waals surface area (Å²) >= 11 is 0. The first kappa shape index (κ1) is 12.7. The van der Waals surface area contributed by atoms with Crippen molar-refractivity contribution < 1.29 is 14.7 Å². The zero-order valence-electron chi connectivity index (χ0n) is 9.85. The van der Waals surface area contributed by atoms with E-state index in [0.717, 1.165) is 0 Å². The molecule has 19 heavy (non-hydrogen) atoms. The molecule has 0 aliphatic carbocycles. The fraction of sp³-hybridized carbons (Fsp3) is 0.182. The van der Waals surface area contributed by atoms with Crippen molar-refractivity contribution in [3.63, 3.8) is 0 Å². The monoisotopic (exact) mass is 261 g/mol. The Morgan fingerprint density at radius 1 is 1.37 bits per heavy atom. The smallest absolute Gasteiger partial charge is 0.309 e. The summed E-state index contributed by atoms with van der Waals surface area (Å²) in [5.41, 5.74) is 0.932. The number of carbonyl (C=O) groups is 2. The average molecular weight is 261 g/mol. The molecule has 0 aliphatic heterocycles. The molecule has 0 radical (unpaired) electrons. The highest BCUT2D eigenvalue weighted by atomic mass is 16.4. The molecule has 8 heteroatoms. The summed E-state index contributed by atoms with van der Waals surface area (Å²) < 4.78 is 1.39. The maximum Gasteiger partial charge on any atom is 0.309 e. The second-order valence-corrected chi connectivity index (χ2v) is 3.75. The molecule has 8 nitrogen and oxygen atoms in total. The summed E-state index contributed by atoms with van der Waals surface area (Å²) in [6, 6.07) is 3.16. The summed E-state index contributed by atoms with van der Waals surface area (Å²) in [6.45, 7) is 0.0525. The van der Waals surface area contributed by atoms with Crippen LogP contribution in [-0.4, -0.2) is 36.7 Å². The van der Waals surface area contributed by atoms with Gasteiger partial charge in [0.2, 0.25) is 5.91 Å². The normalized spacial score (nSPS) is 10.1. The molecule has 0 fully saturated rings. The van der Waals surface area contributed by atoms with Crippen LogP contribution < -0.4 is 5.32 Å². The van der Waals surface area contributed by atoms with E-state index in [0.29, 0.717) is 11.4 Å². The third-order valence-electron chi connectivity index (χ3n) is 2.21. The maximum atomic E-state index is 11.6. The molecule has 0 spiro atoms. The van der Waals surface area contributed by atoms with E-state index in [2.05, 4.69) is 20.4 Å². The number of carboxylic acid groups (broad SMARTS) is 1. The number of carboxylic acids is 1. The van der Waals surface area contributed by atoms with Crippen LogP contribution in [0.25, 0.3) is 0 Å². The Labute approximate surface area is 108 Å². The Hall–Kier alpha value is -2.77.